The molecule has 5 heteroatoms. The number of allylic oxidation sites excluding steroid dienone is 1. The normalized spacial score (nSPS) is 15.4. The van der Waals surface area contributed by atoms with Gasteiger partial charge in [0.25, 0.3) is 5.91 Å². The maximum atomic E-state index is 13.0. The Kier molecular flexibility index (Phi) is 7.16. The molecule has 1 aliphatic carbocycles. The number of halogens is 1. The van der Waals surface area contributed by atoms with Crippen LogP contribution in [0.25, 0.3) is 0 Å². The lowest BCUT2D eigenvalue weighted by Crippen LogP contribution is -2.49. The monoisotopic (exact) mass is 346 g/mol. The molecule has 2 N–H and O–H groups in total. The topological polar surface area (TPSA) is 58.2 Å². The third kappa shape index (κ3) is 6.00. The van der Waals surface area contributed by atoms with Gasteiger partial charge in [0.1, 0.15) is 11.9 Å². The van der Waals surface area contributed by atoms with Gasteiger partial charge in [-0.3, -0.25) is 9.59 Å². The van der Waals surface area contributed by atoms with Gasteiger partial charge >= 0.3 is 0 Å². The Labute approximate surface area is 148 Å². The number of benzene rings is 1. The first-order valence-corrected chi connectivity index (χ1v) is 8.99. The molecule has 0 heterocycles. The first kappa shape index (κ1) is 19.2. The molecule has 4 nitrogen and oxygen atoms in total. The summed E-state index contributed by atoms with van der Waals surface area (Å²) >= 11 is 0. The maximum Gasteiger partial charge on any atom is 0.251 e. The molecular weight excluding hydrogens is 319 g/mol. The van der Waals surface area contributed by atoms with E-state index in [1.54, 1.807) is 0 Å². The Morgan fingerprint density at radius 3 is 2.48 bits per heavy atom. The molecule has 1 unspecified atom stereocenters. The molecule has 0 radical (unpaired) electrons. The van der Waals surface area contributed by atoms with Crippen LogP contribution < -0.4 is 10.6 Å². The smallest absolute Gasteiger partial charge is 0.251 e. The van der Waals surface area contributed by atoms with Crippen LogP contribution in [0.5, 0.6) is 0 Å². The molecule has 1 aromatic rings. The van der Waals surface area contributed by atoms with Crippen molar-refractivity contribution in [2.24, 2.45) is 5.92 Å². The minimum atomic E-state index is -0.613. The van der Waals surface area contributed by atoms with Gasteiger partial charge in [0, 0.05) is 12.1 Å². The van der Waals surface area contributed by atoms with Gasteiger partial charge in [0.05, 0.1) is 0 Å². The summed E-state index contributed by atoms with van der Waals surface area (Å²) < 4.78 is 13.0. The second-order valence-corrected chi connectivity index (χ2v) is 6.85. The molecule has 2 rings (SSSR count). The van der Waals surface area contributed by atoms with Gasteiger partial charge in [-0.2, -0.15) is 0 Å². The Morgan fingerprint density at radius 2 is 1.88 bits per heavy atom. The molecule has 0 spiro atoms. The average molecular weight is 346 g/mol. The highest BCUT2D eigenvalue weighted by Crippen LogP contribution is 2.19. The molecule has 0 bridgehead atoms. The number of hydrogen-bond acceptors (Lipinski definition) is 2. The van der Waals surface area contributed by atoms with Crippen molar-refractivity contribution < 1.29 is 14.0 Å². The number of hydrogen-bond donors (Lipinski definition) is 2. The van der Waals surface area contributed by atoms with E-state index in [9.17, 15) is 14.0 Å². The first-order chi connectivity index (χ1) is 12.0. The lowest BCUT2D eigenvalue weighted by Gasteiger charge is -2.22. The molecule has 0 aromatic heterocycles. The van der Waals surface area contributed by atoms with Crippen molar-refractivity contribution in [3.63, 3.8) is 0 Å². The molecule has 0 fully saturated rings. The standard InChI is InChI=1S/C20H27FN2O2/c1-14(2)18(23-19(24)16-8-10-17(21)11-9-16)20(25)22-13-12-15-6-4-3-5-7-15/h6,8-11,14,18H,3-5,7,12-13H2,1-2H3,(H,22,25)(H,23,24). The molecule has 0 aliphatic heterocycles. The number of rotatable bonds is 7. The first-order valence-electron chi connectivity index (χ1n) is 8.99. The molecule has 25 heavy (non-hydrogen) atoms. The molecular formula is C20H27FN2O2. The highest BCUT2D eigenvalue weighted by Gasteiger charge is 2.24. The van der Waals surface area contributed by atoms with Crippen molar-refractivity contribution in [2.75, 3.05) is 6.54 Å². The van der Waals surface area contributed by atoms with Gasteiger partial charge in [0.15, 0.2) is 0 Å². The highest BCUT2D eigenvalue weighted by atomic mass is 19.1. The van der Waals surface area contributed by atoms with E-state index in [4.69, 9.17) is 0 Å². The Bertz CT molecular complexity index is 623. The van der Waals surface area contributed by atoms with E-state index in [0.717, 1.165) is 19.3 Å². The summed E-state index contributed by atoms with van der Waals surface area (Å²) in [6.07, 6.45) is 7.85. The maximum absolute atomic E-state index is 13.0. The summed E-state index contributed by atoms with van der Waals surface area (Å²) in [7, 11) is 0. The van der Waals surface area contributed by atoms with Crippen molar-refractivity contribution in [1.29, 1.82) is 0 Å². The minimum absolute atomic E-state index is 0.0432. The molecule has 1 aromatic carbocycles. The van der Waals surface area contributed by atoms with E-state index in [1.165, 1.54) is 42.7 Å². The Hall–Kier alpha value is -2.17. The van der Waals surface area contributed by atoms with Gasteiger partial charge < -0.3 is 10.6 Å². The van der Waals surface area contributed by atoms with Crippen LogP contribution in [0.4, 0.5) is 4.39 Å². The van der Waals surface area contributed by atoms with Crippen LogP contribution in [-0.4, -0.2) is 24.4 Å². The summed E-state index contributed by atoms with van der Waals surface area (Å²) in [6, 6.07) is 4.68. The van der Waals surface area contributed by atoms with E-state index in [-0.39, 0.29) is 17.7 Å². The lowest BCUT2D eigenvalue weighted by atomic mass is 9.97. The summed E-state index contributed by atoms with van der Waals surface area (Å²) in [5, 5.41) is 5.68. The fraction of sp³-hybridized carbons (Fsp3) is 0.500. The van der Waals surface area contributed by atoms with Crippen LogP contribution >= 0.6 is 0 Å². The zero-order valence-electron chi connectivity index (χ0n) is 15.0. The fourth-order valence-corrected chi connectivity index (χ4v) is 2.95. The third-order valence-electron chi connectivity index (χ3n) is 4.47. The molecule has 1 aliphatic rings. The molecule has 136 valence electrons. The minimum Gasteiger partial charge on any atom is -0.354 e. The lowest BCUT2D eigenvalue weighted by molar-refractivity contribution is -0.123. The van der Waals surface area contributed by atoms with Gasteiger partial charge in [-0.15, -0.1) is 0 Å². The third-order valence-corrected chi connectivity index (χ3v) is 4.47. The van der Waals surface area contributed by atoms with Gasteiger partial charge in [-0.05, 0) is 62.3 Å². The van der Waals surface area contributed by atoms with Crippen molar-refractivity contribution >= 4 is 11.8 Å². The number of amides is 2. The van der Waals surface area contributed by atoms with Crippen molar-refractivity contribution in [2.45, 2.75) is 52.0 Å². The summed E-state index contributed by atoms with van der Waals surface area (Å²) in [5.41, 5.74) is 1.75. The van der Waals surface area contributed by atoms with E-state index in [2.05, 4.69) is 16.7 Å². The molecule has 0 saturated carbocycles. The second-order valence-electron chi connectivity index (χ2n) is 6.85. The van der Waals surface area contributed by atoms with Crippen LogP contribution in [0, 0.1) is 11.7 Å². The number of carbonyl (C=O) groups is 2. The van der Waals surface area contributed by atoms with Crippen LogP contribution in [0.1, 0.15) is 56.3 Å². The summed E-state index contributed by atoms with van der Waals surface area (Å²) in [4.78, 5) is 24.7. The van der Waals surface area contributed by atoms with E-state index in [0.29, 0.717) is 12.1 Å². The molecule has 1 atom stereocenters. The molecule has 0 saturated heterocycles. The van der Waals surface area contributed by atoms with Crippen molar-refractivity contribution in [3.8, 4) is 0 Å². The van der Waals surface area contributed by atoms with Gasteiger partial charge in [-0.25, -0.2) is 4.39 Å². The summed E-state index contributed by atoms with van der Waals surface area (Å²) in [6.45, 7) is 4.36. The largest absolute Gasteiger partial charge is 0.354 e. The van der Waals surface area contributed by atoms with Crippen LogP contribution in [-0.2, 0) is 4.79 Å². The van der Waals surface area contributed by atoms with Crippen molar-refractivity contribution in [1.82, 2.24) is 10.6 Å². The second kappa shape index (κ2) is 9.35. The van der Waals surface area contributed by atoms with E-state index < -0.39 is 11.9 Å². The Morgan fingerprint density at radius 1 is 1.16 bits per heavy atom. The predicted molar refractivity (Wildman–Crippen MR) is 96.7 cm³/mol. The predicted octanol–water partition coefficient (Wildman–Crippen LogP) is 3.59. The quantitative estimate of drug-likeness (QED) is 0.741. The SMILES string of the molecule is CC(C)C(NC(=O)c1ccc(F)cc1)C(=O)NCCC1=CCCCC1. The van der Waals surface area contributed by atoms with E-state index in [1.807, 2.05) is 13.8 Å². The summed E-state index contributed by atoms with van der Waals surface area (Å²) in [5.74, 6) is -0.990. The highest BCUT2D eigenvalue weighted by molar-refractivity contribution is 5.97. The fourth-order valence-electron chi connectivity index (χ4n) is 2.95. The zero-order valence-corrected chi connectivity index (χ0v) is 15.0. The average Bonchev–Trinajstić information content (AvgIpc) is 2.60. The number of carbonyl (C=O) groups excluding carboxylic acids is 2. The molecule has 2 amide bonds. The number of nitrogens with one attached hydrogen (secondary N) is 2. The zero-order chi connectivity index (χ0) is 18.2. The van der Waals surface area contributed by atoms with Crippen LogP contribution in [0.2, 0.25) is 0 Å². The van der Waals surface area contributed by atoms with E-state index >= 15 is 0 Å². The van der Waals surface area contributed by atoms with Gasteiger partial charge in [0.2, 0.25) is 5.91 Å². The van der Waals surface area contributed by atoms with Crippen molar-refractivity contribution in [3.05, 3.63) is 47.3 Å². The Balaban J connectivity index is 1.87. The van der Waals surface area contributed by atoms with Crippen LogP contribution in [0.3, 0.4) is 0 Å². The van der Waals surface area contributed by atoms with Gasteiger partial charge in [-0.1, -0.05) is 25.5 Å². The van der Waals surface area contributed by atoms with Crippen LogP contribution in [0.15, 0.2) is 35.9 Å².